The summed E-state index contributed by atoms with van der Waals surface area (Å²) in [5.74, 6) is 0.488. The molecule has 0 fully saturated rings. The number of halogens is 2. The van der Waals surface area contributed by atoms with Crippen LogP contribution in [0, 0.1) is 5.41 Å². The molecule has 0 spiro atoms. The average molecular weight is 310 g/mol. The molecule has 19 heavy (non-hydrogen) atoms. The molecule has 1 heterocycles. The zero-order valence-electron chi connectivity index (χ0n) is 11.9. The Balaban J connectivity index is 0. The second-order valence-corrected chi connectivity index (χ2v) is 5.47. The highest BCUT2D eigenvalue weighted by atomic mass is 35.5. The van der Waals surface area contributed by atoms with Crippen LogP contribution < -0.4 is 11.1 Å². The van der Waals surface area contributed by atoms with Crippen LogP contribution >= 0.6 is 24.8 Å². The second kappa shape index (κ2) is 8.59. The van der Waals surface area contributed by atoms with Crippen LogP contribution in [0.3, 0.4) is 0 Å². The number of nitrogens with one attached hydrogen (secondary N) is 1. The molecule has 1 aromatic rings. The number of nitrogen functional groups attached to an aromatic ring is 1. The molecule has 0 bridgehead atoms. The first-order valence-electron chi connectivity index (χ1n) is 5.93. The molecule has 4 N–H and O–H groups in total. The number of nitrogens with two attached hydrogens (primary N) is 1. The SMILES string of the molecule is C[C@H](NCc1nc(N)ccc1CO)C(C)(C)C.Cl.Cl. The van der Waals surface area contributed by atoms with E-state index < -0.39 is 0 Å². The number of anilines is 1. The number of nitrogens with zero attached hydrogens (tertiary/aromatic N) is 1. The molecular formula is C13H25Cl2N3O. The Hall–Kier alpha value is -0.550. The third-order valence-electron chi connectivity index (χ3n) is 3.14. The predicted octanol–water partition coefficient (Wildman–Crippen LogP) is 2.52. The van der Waals surface area contributed by atoms with Crippen molar-refractivity contribution in [2.24, 2.45) is 5.41 Å². The van der Waals surface area contributed by atoms with Crippen molar-refractivity contribution in [3.05, 3.63) is 23.4 Å². The molecule has 4 nitrogen and oxygen atoms in total. The van der Waals surface area contributed by atoms with E-state index in [9.17, 15) is 5.11 Å². The van der Waals surface area contributed by atoms with Crippen molar-refractivity contribution in [3.8, 4) is 0 Å². The van der Waals surface area contributed by atoms with E-state index in [-0.39, 0.29) is 36.8 Å². The molecule has 0 unspecified atom stereocenters. The number of rotatable bonds is 4. The minimum absolute atomic E-state index is 0. The first-order chi connectivity index (χ1) is 7.84. The lowest BCUT2D eigenvalue weighted by Crippen LogP contribution is -2.37. The third kappa shape index (κ3) is 6.43. The van der Waals surface area contributed by atoms with E-state index in [0.29, 0.717) is 18.4 Å². The third-order valence-corrected chi connectivity index (χ3v) is 3.14. The molecule has 0 saturated heterocycles. The topological polar surface area (TPSA) is 71.2 Å². The number of aliphatic hydroxyl groups is 1. The van der Waals surface area contributed by atoms with Crippen LogP contribution in [0.1, 0.15) is 39.0 Å². The first kappa shape index (κ1) is 20.8. The molecule has 0 saturated carbocycles. The molecule has 6 heteroatoms. The summed E-state index contributed by atoms with van der Waals surface area (Å²) < 4.78 is 0. The van der Waals surface area contributed by atoms with Crippen LogP contribution in [0.2, 0.25) is 0 Å². The fraction of sp³-hybridized carbons (Fsp3) is 0.615. The molecule has 0 radical (unpaired) electrons. The standard InChI is InChI=1S/C13H23N3O.2ClH/c1-9(13(2,3)4)15-7-11-10(8-17)5-6-12(14)16-11;;/h5-6,9,15,17H,7-8H2,1-4H3,(H2,14,16);2*1H/t9-;;/m0../s1. The van der Waals surface area contributed by atoms with Gasteiger partial charge in [-0.15, -0.1) is 24.8 Å². The maximum absolute atomic E-state index is 9.23. The lowest BCUT2D eigenvalue weighted by Gasteiger charge is -2.28. The van der Waals surface area contributed by atoms with Gasteiger partial charge in [-0.05, 0) is 18.4 Å². The van der Waals surface area contributed by atoms with Gasteiger partial charge >= 0.3 is 0 Å². The summed E-state index contributed by atoms with van der Waals surface area (Å²) in [5.41, 5.74) is 7.50. The number of hydrogen-bond donors (Lipinski definition) is 3. The molecule has 0 aliphatic heterocycles. The van der Waals surface area contributed by atoms with Crippen LogP contribution in [0.15, 0.2) is 12.1 Å². The Morgan fingerprint density at radius 1 is 1.32 bits per heavy atom. The van der Waals surface area contributed by atoms with Gasteiger partial charge in [-0.1, -0.05) is 26.8 Å². The molecule has 0 aromatic carbocycles. The summed E-state index contributed by atoms with van der Waals surface area (Å²) in [6.45, 7) is 9.32. The van der Waals surface area contributed by atoms with Crippen LogP contribution in [-0.4, -0.2) is 16.1 Å². The van der Waals surface area contributed by atoms with Gasteiger partial charge in [-0.25, -0.2) is 4.98 Å². The summed E-state index contributed by atoms with van der Waals surface area (Å²) in [4.78, 5) is 4.25. The van der Waals surface area contributed by atoms with Gasteiger partial charge in [0, 0.05) is 18.2 Å². The summed E-state index contributed by atoms with van der Waals surface area (Å²) >= 11 is 0. The minimum atomic E-state index is -0.00576. The Labute approximate surface area is 128 Å². The first-order valence-corrected chi connectivity index (χ1v) is 5.93. The van der Waals surface area contributed by atoms with Gasteiger partial charge < -0.3 is 16.2 Å². The van der Waals surface area contributed by atoms with Gasteiger partial charge in [0.1, 0.15) is 5.82 Å². The largest absolute Gasteiger partial charge is 0.392 e. The van der Waals surface area contributed by atoms with Crippen LogP contribution in [-0.2, 0) is 13.2 Å². The van der Waals surface area contributed by atoms with Crippen molar-refractivity contribution in [1.82, 2.24) is 10.3 Å². The van der Waals surface area contributed by atoms with Crippen molar-refractivity contribution in [3.63, 3.8) is 0 Å². The molecule has 1 atom stereocenters. The van der Waals surface area contributed by atoms with Gasteiger partial charge in [-0.2, -0.15) is 0 Å². The lowest BCUT2D eigenvalue weighted by molar-refractivity contribution is 0.272. The molecule has 0 aliphatic rings. The Bertz CT molecular complexity index is 381. The average Bonchev–Trinajstić information content (AvgIpc) is 2.24. The number of hydrogen-bond acceptors (Lipinski definition) is 4. The van der Waals surface area contributed by atoms with Crippen molar-refractivity contribution in [1.29, 1.82) is 0 Å². The Kier molecular flexibility index (Phi) is 9.38. The fourth-order valence-electron chi connectivity index (χ4n) is 1.40. The monoisotopic (exact) mass is 309 g/mol. The normalized spacial score (nSPS) is 12.3. The molecule has 1 aromatic heterocycles. The van der Waals surface area contributed by atoms with Crippen LogP contribution in [0.25, 0.3) is 0 Å². The maximum atomic E-state index is 9.23. The summed E-state index contributed by atoms with van der Waals surface area (Å²) in [7, 11) is 0. The summed E-state index contributed by atoms with van der Waals surface area (Å²) in [6, 6.07) is 3.89. The van der Waals surface area contributed by atoms with E-state index in [1.165, 1.54) is 0 Å². The predicted molar refractivity (Wildman–Crippen MR) is 84.8 cm³/mol. The lowest BCUT2D eigenvalue weighted by atomic mass is 9.88. The van der Waals surface area contributed by atoms with E-state index in [1.807, 2.05) is 6.07 Å². The highest BCUT2D eigenvalue weighted by Crippen LogP contribution is 2.19. The molecule has 1 rings (SSSR count). The Morgan fingerprint density at radius 3 is 2.37 bits per heavy atom. The second-order valence-electron chi connectivity index (χ2n) is 5.47. The summed E-state index contributed by atoms with van der Waals surface area (Å²) in [5, 5.41) is 12.6. The van der Waals surface area contributed by atoms with Gasteiger partial charge in [-0.3, -0.25) is 0 Å². The minimum Gasteiger partial charge on any atom is -0.392 e. The Morgan fingerprint density at radius 2 is 1.89 bits per heavy atom. The van der Waals surface area contributed by atoms with E-state index in [4.69, 9.17) is 5.73 Å². The van der Waals surface area contributed by atoms with Crippen LogP contribution in [0.5, 0.6) is 0 Å². The van der Waals surface area contributed by atoms with Gasteiger partial charge in [0.2, 0.25) is 0 Å². The van der Waals surface area contributed by atoms with E-state index in [1.54, 1.807) is 6.07 Å². The number of aromatic nitrogens is 1. The molecule has 0 aliphatic carbocycles. The van der Waals surface area contributed by atoms with Gasteiger partial charge in [0.05, 0.1) is 12.3 Å². The smallest absolute Gasteiger partial charge is 0.123 e. The van der Waals surface area contributed by atoms with Crippen molar-refractivity contribution in [2.45, 2.75) is 46.9 Å². The fourth-order valence-corrected chi connectivity index (χ4v) is 1.40. The zero-order valence-corrected chi connectivity index (χ0v) is 13.6. The zero-order chi connectivity index (χ0) is 13.1. The quantitative estimate of drug-likeness (QED) is 0.799. The highest BCUT2D eigenvalue weighted by molar-refractivity contribution is 5.85. The molecule has 112 valence electrons. The van der Waals surface area contributed by atoms with Crippen LogP contribution in [0.4, 0.5) is 5.82 Å². The van der Waals surface area contributed by atoms with E-state index >= 15 is 0 Å². The van der Waals surface area contributed by atoms with Crippen molar-refractivity contribution >= 4 is 30.6 Å². The van der Waals surface area contributed by atoms with Crippen molar-refractivity contribution in [2.75, 3.05) is 5.73 Å². The molecule has 0 amide bonds. The summed E-state index contributed by atoms with van der Waals surface area (Å²) in [6.07, 6.45) is 0. The van der Waals surface area contributed by atoms with Crippen molar-refractivity contribution < 1.29 is 5.11 Å². The number of pyridine rings is 1. The van der Waals surface area contributed by atoms with E-state index in [2.05, 4.69) is 38.0 Å². The van der Waals surface area contributed by atoms with Gasteiger partial charge in [0.25, 0.3) is 0 Å². The maximum Gasteiger partial charge on any atom is 0.123 e. The van der Waals surface area contributed by atoms with E-state index in [0.717, 1.165) is 11.3 Å². The molecular weight excluding hydrogens is 285 g/mol. The number of aliphatic hydroxyl groups excluding tert-OH is 1. The van der Waals surface area contributed by atoms with Gasteiger partial charge in [0.15, 0.2) is 0 Å². The highest BCUT2D eigenvalue weighted by Gasteiger charge is 2.19.